The van der Waals surface area contributed by atoms with Crippen molar-refractivity contribution in [1.82, 2.24) is 4.72 Å². The molecule has 1 rings (SSSR count). The lowest BCUT2D eigenvalue weighted by atomic mass is 10.1. The van der Waals surface area contributed by atoms with E-state index in [1.807, 2.05) is 0 Å². The van der Waals surface area contributed by atoms with Crippen molar-refractivity contribution in [1.29, 1.82) is 0 Å². The zero-order chi connectivity index (χ0) is 13.3. The van der Waals surface area contributed by atoms with Crippen LogP contribution >= 0.6 is 11.6 Å². The first kappa shape index (κ1) is 14.0. The number of terminal acetylenes is 1. The van der Waals surface area contributed by atoms with Crippen molar-refractivity contribution in [2.75, 3.05) is 0 Å². The van der Waals surface area contributed by atoms with Gasteiger partial charge < -0.3 is 0 Å². The summed E-state index contributed by atoms with van der Waals surface area (Å²) in [6.07, 6.45) is 5.18. The van der Waals surface area contributed by atoms with Gasteiger partial charge in [0.15, 0.2) is 0 Å². The van der Waals surface area contributed by atoms with Crippen LogP contribution in [0.15, 0.2) is 23.1 Å². The first-order valence-electron chi connectivity index (χ1n) is 4.65. The van der Waals surface area contributed by atoms with Crippen LogP contribution in [0.3, 0.4) is 0 Å². The Morgan fingerprint density at radius 2 is 2.06 bits per heavy atom. The second kappa shape index (κ2) is 4.65. The first-order valence-corrected chi connectivity index (χ1v) is 6.51. The highest BCUT2D eigenvalue weighted by molar-refractivity contribution is 7.89. The van der Waals surface area contributed by atoms with Gasteiger partial charge in [0.25, 0.3) is 0 Å². The molecule has 0 spiro atoms. The summed E-state index contributed by atoms with van der Waals surface area (Å²) >= 11 is 5.52. The second-order valence-electron chi connectivity index (χ2n) is 3.95. The molecule has 0 aliphatic rings. The lowest BCUT2D eigenvalue weighted by molar-refractivity contribution is 0.538. The Bertz CT molecular complexity index is 576. The minimum absolute atomic E-state index is 0.132. The monoisotopic (exact) mass is 275 g/mol. The van der Waals surface area contributed by atoms with Gasteiger partial charge in [0.2, 0.25) is 10.0 Å². The highest BCUT2D eigenvalue weighted by Gasteiger charge is 2.24. The molecule has 3 nitrogen and oxygen atoms in total. The van der Waals surface area contributed by atoms with Gasteiger partial charge in [-0.05, 0) is 32.0 Å². The lowest BCUT2D eigenvalue weighted by Gasteiger charge is -2.19. The number of nitrogens with one attached hydrogen (secondary N) is 1. The molecule has 1 aromatic carbocycles. The van der Waals surface area contributed by atoms with Crippen molar-refractivity contribution in [3.8, 4) is 12.3 Å². The van der Waals surface area contributed by atoms with Crippen LogP contribution in [-0.4, -0.2) is 14.0 Å². The number of halogens is 2. The number of sulfonamides is 1. The van der Waals surface area contributed by atoms with E-state index in [0.29, 0.717) is 0 Å². The fourth-order valence-electron chi connectivity index (χ4n) is 1.07. The molecule has 0 unspecified atom stereocenters. The standard InChI is InChI=1S/C11H11ClFNO2S/c1-4-11(2,3)14-17(15,16)8-5-6-10(13)9(12)7-8/h1,5-7,14H,2-3H3. The Balaban J connectivity index is 3.16. The van der Waals surface area contributed by atoms with Crippen LogP contribution in [0.25, 0.3) is 0 Å². The summed E-state index contributed by atoms with van der Waals surface area (Å²) < 4.78 is 39.0. The molecule has 0 amide bonds. The Kier molecular flexibility index (Phi) is 3.82. The van der Waals surface area contributed by atoms with Crippen LogP contribution in [0.1, 0.15) is 13.8 Å². The topological polar surface area (TPSA) is 46.2 Å². The molecule has 0 aromatic heterocycles. The highest BCUT2D eigenvalue weighted by atomic mass is 35.5. The number of hydrogen-bond acceptors (Lipinski definition) is 2. The summed E-state index contributed by atoms with van der Waals surface area (Å²) in [7, 11) is -3.81. The molecular formula is C11H11ClFNO2S. The van der Waals surface area contributed by atoms with E-state index in [2.05, 4.69) is 10.6 Å². The third-order valence-electron chi connectivity index (χ3n) is 1.95. The molecule has 1 aromatic rings. The van der Waals surface area contributed by atoms with Crippen molar-refractivity contribution >= 4 is 21.6 Å². The number of hydrogen-bond donors (Lipinski definition) is 1. The van der Waals surface area contributed by atoms with E-state index in [1.165, 1.54) is 13.8 Å². The predicted molar refractivity (Wildman–Crippen MR) is 64.6 cm³/mol. The SMILES string of the molecule is C#CC(C)(C)NS(=O)(=O)c1ccc(F)c(Cl)c1. The number of rotatable bonds is 3. The second-order valence-corrected chi connectivity index (χ2v) is 6.04. The highest BCUT2D eigenvalue weighted by Crippen LogP contribution is 2.20. The van der Waals surface area contributed by atoms with E-state index in [0.717, 1.165) is 18.2 Å². The fraction of sp³-hybridized carbons (Fsp3) is 0.273. The molecule has 0 saturated carbocycles. The summed E-state index contributed by atoms with van der Waals surface area (Å²) in [5.74, 6) is 1.62. The molecule has 0 aliphatic heterocycles. The van der Waals surface area contributed by atoms with E-state index in [4.69, 9.17) is 18.0 Å². The third kappa shape index (κ3) is 3.43. The number of benzene rings is 1. The van der Waals surface area contributed by atoms with Crippen LogP contribution in [0.4, 0.5) is 4.39 Å². The molecule has 0 aliphatic carbocycles. The van der Waals surface area contributed by atoms with E-state index in [-0.39, 0.29) is 9.92 Å². The maximum Gasteiger partial charge on any atom is 0.241 e. The molecule has 17 heavy (non-hydrogen) atoms. The van der Waals surface area contributed by atoms with Gasteiger partial charge >= 0.3 is 0 Å². The molecule has 6 heteroatoms. The van der Waals surface area contributed by atoms with E-state index in [1.54, 1.807) is 0 Å². The van der Waals surface area contributed by atoms with Gasteiger partial charge in [-0.15, -0.1) is 6.42 Å². The van der Waals surface area contributed by atoms with E-state index < -0.39 is 21.4 Å². The van der Waals surface area contributed by atoms with Gasteiger partial charge in [0.1, 0.15) is 5.82 Å². The van der Waals surface area contributed by atoms with Gasteiger partial charge in [-0.25, -0.2) is 12.8 Å². The molecule has 0 bridgehead atoms. The normalized spacial score (nSPS) is 12.2. The molecule has 0 fully saturated rings. The van der Waals surface area contributed by atoms with Crippen LogP contribution in [0.2, 0.25) is 5.02 Å². The molecule has 1 N–H and O–H groups in total. The molecular weight excluding hydrogens is 265 g/mol. The van der Waals surface area contributed by atoms with Gasteiger partial charge in [0, 0.05) is 0 Å². The Labute approximate surface area is 105 Å². The van der Waals surface area contributed by atoms with Crippen LogP contribution in [0, 0.1) is 18.2 Å². The van der Waals surface area contributed by atoms with Crippen molar-refractivity contribution in [2.45, 2.75) is 24.3 Å². The Hall–Kier alpha value is -1.09. The summed E-state index contributed by atoms with van der Waals surface area (Å²) in [6, 6.07) is 3.14. The summed E-state index contributed by atoms with van der Waals surface area (Å²) in [4.78, 5) is -0.132. The quantitative estimate of drug-likeness (QED) is 0.860. The smallest absolute Gasteiger partial charge is 0.207 e. The Morgan fingerprint density at radius 3 is 2.53 bits per heavy atom. The fourth-order valence-corrected chi connectivity index (χ4v) is 2.68. The minimum Gasteiger partial charge on any atom is -0.207 e. The molecule has 0 saturated heterocycles. The lowest BCUT2D eigenvalue weighted by Crippen LogP contribution is -2.41. The Morgan fingerprint density at radius 1 is 1.47 bits per heavy atom. The van der Waals surface area contributed by atoms with Crippen LogP contribution in [-0.2, 0) is 10.0 Å². The van der Waals surface area contributed by atoms with Gasteiger partial charge in [-0.1, -0.05) is 17.5 Å². The van der Waals surface area contributed by atoms with Gasteiger partial charge in [0.05, 0.1) is 15.5 Å². The summed E-state index contributed by atoms with van der Waals surface area (Å²) in [5, 5.41) is -0.258. The average molecular weight is 276 g/mol. The average Bonchev–Trinajstić information content (AvgIpc) is 2.20. The third-order valence-corrected chi connectivity index (χ3v) is 3.89. The summed E-state index contributed by atoms with van der Waals surface area (Å²) in [6.45, 7) is 3.07. The first-order chi connectivity index (χ1) is 7.68. The molecule has 0 atom stereocenters. The van der Waals surface area contributed by atoms with Crippen molar-refractivity contribution in [3.63, 3.8) is 0 Å². The van der Waals surface area contributed by atoms with Crippen LogP contribution < -0.4 is 4.72 Å². The zero-order valence-corrected chi connectivity index (χ0v) is 10.9. The molecule has 0 heterocycles. The van der Waals surface area contributed by atoms with E-state index >= 15 is 0 Å². The van der Waals surface area contributed by atoms with Crippen molar-refractivity contribution in [2.24, 2.45) is 0 Å². The maximum absolute atomic E-state index is 12.9. The minimum atomic E-state index is -3.81. The van der Waals surface area contributed by atoms with Crippen molar-refractivity contribution < 1.29 is 12.8 Å². The molecule has 92 valence electrons. The van der Waals surface area contributed by atoms with Crippen LogP contribution in [0.5, 0.6) is 0 Å². The summed E-state index contributed by atoms with van der Waals surface area (Å²) in [5.41, 5.74) is -1.03. The maximum atomic E-state index is 12.9. The zero-order valence-electron chi connectivity index (χ0n) is 9.29. The van der Waals surface area contributed by atoms with E-state index in [9.17, 15) is 12.8 Å². The van der Waals surface area contributed by atoms with Gasteiger partial charge in [-0.2, -0.15) is 4.72 Å². The predicted octanol–water partition coefficient (Wildman–Crippen LogP) is 2.17. The molecule has 0 radical (unpaired) electrons. The van der Waals surface area contributed by atoms with Gasteiger partial charge in [-0.3, -0.25) is 0 Å². The van der Waals surface area contributed by atoms with Crippen molar-refractivity contribution in [3.05, 3.63) is 29.0 Å². The largest absolute Gasteiger partial charge is 0.241 e.